The molecule has 0 fully saturated rings. The van der Waals surface area contributed by atoms with E-state index in [0.717, 1.165) is 17.9 Å². The molecule has 2 nitrogen and oxygen atoms in total. The van der Waals surface area contributed by atoms with Crippen LogP contribution < -0.4 is 10.1 Å². The SMILES string of the molecule is CCc1ccc2c(c1)NC(c1cccc(C)c1)CO2. The summed E-state index contributed by atoms with van der Waals surface area (Å²) in [6, 6.07) is 15.2. The Morgan fingerprint density at radius 1 is 1.21 bits per heavy atom. The number of fused-ring (bicyclic) bond motifs is 1. The van der Waals surface area contributed by atoms with E-state index in [0.29, 0.717) is 6.61 Å². The second-order valence-corrected chi connectivity index (χ2v) is 5.11. The molecule has 2 heteroatoms. The molecule has 2 aromatic carbocycles. The van der Waals surface area contributed by atoms with Gasteiger partial charge in [0.1, 0.15) is 12.4 Å². The first-order valence-corrected chi connectivity index (χ1v) is 6.85. The highest BCUT2D eigenvalue weighted by molar-refractivity contribution is 5.60. The largest absolute Gasteiger partial charge is 0.489 e. The third kappa shape index (κ3) is 2.43. The molecule has 2 aromatic rings. The molecule has 3 rings (SSSR count). The summed E-state index contributed by atoms with van der Waals surface area (Å²) in [6.45, 7) is 4.97. The predicted octanol–water partition coefficient (Wildman–Crippen LogP) is 4.10. The summed E-state index contributed by atoms with van der Waals surface area (Å²) >= 11 is 0. The van der Waals surface area contributed by atoms with Crippen molar-refractivity contribution in [2.75, 3.05) is 11.9 Å². The fourth-order valence-electron chi connectivity index (χ4n) is 2.50. The molecule has 0 saturated carbocycles. The Labute approximate surface area is 114 Å². The van der Waals surface area contributed by atoms with Gasteiger partial charge in [0, 0.05) is 0 Å². The average Bonchev–Trinajstić information content (AvgIpc) is 2.46. The van der Waals surface area contributed by atoms with E-state index < -0.39 is 0 Å². The number of benzene rings is 2. The molecule has 0 saturated heterocycles. The molecule has 0 spiro atoms. The minimum Gasteiger partial charge on any atom is -0.489 e. The molecule has 1 N–H and O–H groups in total. The van der Waals surface area contributed by atoms with Crippen LogP contribution >= 0.6 is 0 Å². The monoisotopic (exact) mass is 253 g/mol. The van der Waals surface area contributed by atoms with Crippen LogP contribution in [0.1, 0.15) is 29.7 Å². The van der Waals surface area contributed by atoms with Crippen LogP contribution in [0.5, 0.6) is 5.75 Å². The van der Waals surface area contributed by atoms with Crippen molar-refractivity contribution in [2.45, 2.75) is 26.3 Å². The van der Waals surface area contributed by atoms with Gasteiger partial charge in [-0.25, -0.2) is 0 Å². The van der Waals surface area contributed by atoms with Crippen molar-refractivity contribution < 1.29 is 4.74 Å². The number of hydrogen-bond donors (Lipinski definition) is 1. The number of aryl methyl sites for hydroxylation is 2. The van der Waals surface area contributed by atoms with E-state index in [4.69, 9.17) is 4.74 Å². The van der Waals surface area contributed by atoms with Crippen molar-refractivity contribution in [3.8, 4) is 5.75 Å². The van der Waals surface area contributed by atoms with Crippen LogP contribution in [0.4, 0.5) is 5.69 Å². The number of nitrogens with one attached hydrogen (secondary N) is 1. The molecule has 0 aromatic heterocycles. The van der Waals surface area contributed by atoms with Crippen LogP contribution in [0.15, 0.2) is 42.5 Å². The first-order valence-electron chi connectivity index (χ1n) is 6.85. The maximum Gasteiger partial charge on any atom is 0.142 e. The van der Waals surface area contributed by atoms with Crippen LogP contribution in [-0.2, 0) is 6.42 Å². The summed E-state index contributed by atoms with van der Waals surface area (Å²) in [6.07, 6.45) is 1.05. The highest BCUT2D eigenvalue weighted by Gasteiger charge is 2.20. The third-order valence-corrected chi connectivity index (χ3v) is 3.63. The van der Waals surface area contributed by atoms with Gasteiger partial charge in [-0.2, -0.15) is 0 Å². The van der Waals surface area contributed by atoms with Crippen molar-refractivity contribution >= 4 is 5.69 Å². The van der Waals surface area contributed by atoms with Gasteiger partial charge < -0.3 is 10.1 Å². The molecule has 19 heavy (non-hydrogen) atoms. The molecular weight excluding hydrogens is 234 g/mol. The number of ether oxygens (including phenoxy) is 1. The zero-order chi connectivity index (χ0) is 13.2. The van der Waals surface area contributed by atoms with E-state index >= 15 is 0 Å². The fourth-order valence-corrected chi connectivity index (χ4v) is 2.50. The molecule has 0 aliphatic carbocycles. The molecule has 0 amide bonds. The molecule has 1 heterocycles. The maximum absolute atomic E-state index is 5.87. The lowest BCUT2D eigenvalue weighted by molar-refractivity contribution is 0.286. The Morgan fingerprint density at radius 3 is 2.89 bits per heavy atom. The Kier molecular flexibility index (Phi) is 3.16. The highest BCUT2D eigenvalue weighted by Crippen LogP contribution is 2.34. The Morgan fingerprint density at radius 2 is 2.11 bits per heavy atom. The topological polar surface area (TPSA) is 21.3 Å². The number of anilines is 1. The summed E-state index contributed by atoms with van der Waals surface area (Å²) in [5.74, 6) is 0.959. The summed E-state index contributed by atoms with van der Waals surface area (Å²) < 4.78 is 5.87. The molecule has 1 aliphatic heterocycles. The first kappa shape index (κ1) is 12.1. The van der Waals surface area contributed by atoms with E-state index in [9.17, 15) is 0 Å². The normalized spacial score (nSPS) is 17.3. The summed E-state index contributed by atoms with van der Waals surface area (Å²) in [7, 11) is 0. The molecule has 0 bridgehead atoms. The van der Waals surface area contributed by atoms with Crippen LogP contribution in [0.25, 0.3) is 0 Å². The second kappa shape index (κ2) is 4.96. The lowest BCUT2D eigenvalue weighted by atomic mass is 10.0. The Balaban J connectivity index is 1.88. The highest BCUT2D eigenvalue weighted by atomic mass is 16.5. The summed E-state index contributed by atoms with van der Waals surface area (Å²) in [5.41, 5.74) is 5.01. The fraction of sp³-hybridized carbons (Fsp3) is 0.294. The van der Waals surface area contributed by atoms with Crippen molar-refractivity contribution in [3.63, 3.8) is 0 Å². The minimum absolute atomic E-state index is 0.236. The van der Waals surface area contributed by atoms with E-state index in [1.54, 1.807) is 0 Å². The van der Waals surface area contributed by atoms with Gasteiger partial charge in [-0.15, -0.1) is 0 Å². The molecular formula is C17H19NO. The van der Waals surface area contributed by atoms with E-state index in [1.807, 2.05) is 0 Å². The molecule has 0 radical (unpaired) electrons. The average molecular weight is 253 g/mol. The standard InChI is InChI=1S/C17H19NO/c1-3-13-7-8-17-15(10-13)18-16(11-19-17)14-6-4-5-12(2)9-14/h4-10,16,18H,3,11H2,1-2H3. The number of rotatable bonds is 2. The van der Waals surface area contributed by atoms with Crippen molar-refractivity contribution in [3.05, 3.63) is 59.2 Å². The summed E-state index contributed by atoms with van der Waals surface area (Å²) in [4.78, 5) is 0. The quantitative estimate of drug-likeness (QED) is 0.870. The Bertz CT molecular complexity index is 592. The van der Waals surface area contributed by atoms with Crippen molar-refractivity contribution in [1.82, 2.24) is 0 Å². The first-order chi connectivity index (χ1) is 9.26. The second-order valence-electron chi connectivity index (χ2n) is 5.11. The third-order valence-electron chi connectivity index (χ3n) is 3.63. The lowest BCUT2D eigenvalue weighted by Crippen LogP contribution is -2.24. The molecule has 1 atom stereocenters. The molecule has 1 unspecified atom stereocenters. The number of hydrogen-bond acceptors (Lipinski definition) is 2. The van der Waals surface area contributed by atoms with Gasteiger partial charge in [0.2, 0.25) is 0 Å². The van der Waals surface area contributed by atoms with Gasteiger partial charge >= 0.3 is 0 Å². The van der Waals surface area contributed by atoms with E-state index in [2.05, 4.69) is 61.6 Å². The van der Waals surface area contributed by atoms with Crippen LogP contribution in [0.2, 0.25) is 0 Å². The van der Waals surface area contributed by atoms with Gasteiger partial charge in [0.05, 0.1) is 11.7 Å². The van der Waals surface area contributed by atoms with Crippen LogP contribution in [0.3, 0.4) is 0 Å². The van der Waals surface area contributed by atoms with Crippen molar-refractivity contribution in [2.24, 2.45) is 0 Å². The van der Waals surface area contributed by atoms with Crippen molar-refractivity contribution in [1.29, 1.82) is 0 Å². The van der Waals surface area contributed by atoms with Crippen LogP contribution in [0, 0.1) is 6.92 Å². The zero-order valence-electron chi connectivity index (χ0n) is 11.4. The van der Waals surface area contributed by atoms with Gasteiger partial charge in [-0.3, -0.25) is 0 Å². The summed E-state index contributed by atoms with van der Waals surface area (Å²) in [5, 5.41) is 3.59. The molecule has 98 valence electrons. The van der Waals surface area contributed by atoms with Gasteiger partial charge in [-0.1, -0.05) is 42.8 Å². The van der Waals surface area contributed by atoms with Gasteiger partial charge in [0.25, 0.3) is 0 Å². The zero-order valence-corrected chi connectivity index (χ0v) is 11.4. The van der Waals surface area contributed by atoms with E-state index in [-0.39, 0.29) is 6.04 Å². The smallest absolute Gasteiger partial charge is 0.142 e. The predicted molar refractivity (Wildman–Crippen MR) is 78.9 cm³/mol. The van der Waals surface area contributed by atoms with Crippen LogP contribution in [-0.4, -0.2) is 6.61 Å². The van der Waals surface area contributed by atoms with Gasteiger partial charge in [0.15, 0.2) is 0 Å². The minimum atomic E-state index is 0.236. The lowest BCUT2D eigenvalue weighted by Gasteiger charge is -2.28. The molecule has 1 aliphatic rings. The van der Waals surface area contributed by atoms with E-state index in [1.165, 1.54) is 16.7 Å². The van der Waals surface area contributed by atoms with Gasteiger partial charge in [-0.05, 0) is 36.6 Å². The maximum atomic E-state index is 5.87. The Hall–Kier alpha value is -1.96.